The van der Waals surface area contributed by atoms with Crippen LogP contribution >= 0.6 is 0 Å². The summed E-state index contributed by atoms with van der Waals surface area (Å²) in [6.45, 7) is 4.25. The van der Waals surface area contributed by atoms with Gasteiger partial charge in [-0.1, -0.05) is 0 Å². The quantitative estimate of drug-likeness (QED) is 0.501. The first-order chi connectivity index (χ1) is 8.58. The first kappa shape index (κ1) is 15.4. The van der Waals surface area contributed by atoms with Gasteiger partial charge in [0.25, 0.3) is 0 Å². The van der Waals surface area contributed by atoms with Gasteiger partial charge in [0, 0.05) is 39.8 Å². The topological polar surface area (TPSA) is 79.8 Å². The zero-order chi connectivity index (χ0) is 13.4. The summed E-state index contributed by atoms with van der Waals surface area (Å²) < 4.78 is 10.2. The molecule has 3 N–H and O–H groups in total. The monoisotopic (exact) mass is 260 g/mol. The maximum atomic E-state index is 11.4. The van der Waals surface area contributed by atoms with E-state index in [0.29, 0.717) is 32.7 Å². The molecule has 0 aromatic carbocycles. The van der Waals surface area contributed by atoms with Gasteiger partial charge in [0.15, 0.2) is 0 Å². The summed E-state index contributed by atoms with van der Waals surface area (Å²) in [5.74, 6) is -0.0683. The van der Waals surface area contributed by atoms with E-state index in [4.69, 9.17) is 9.47 Å². The van der Waals surface area contributed by atoms with E-state index in [1.807, 2.05) is 6.92 Å². The van der Waals surface area contributed by atoms with Crippen molar-refractivity contribution in [2.45, 2.75) is 31.5 Å². The Morgan fingerprint density at radius 1 is 1.61 bits per heavy atom. The Labute approximate surface area is 108 Å². The van der Waals surface area contributed by atoms with Crippen molar-refractivity contribution in [2.75, 3.05) is 40.0 Å². The van der Waals surface area contributed by atoms with Crippen molar-refractivity contribution < 1.29 is 19.4 Å². The molecule has 0 bridgehead atoms. The summed E-state index contributed by atoms with van der Waals surface area (Å²) in [5.41, 5.74) is -0.851. The van der Waals surface area contributed by atoms with Gasteiger partial charge in [0.2, 0.25) is 5.91 Å². The fraction of sp³-hybridized carbons (Fsp3) is 0.917. The SMILES string of the molecule is COCCCNC(=O)CNCC1(O)CCOC1C. The summed E-state index contributed by atoms with van der Waals surface area (Å²) >= 11 is 0. The lowest BCUT2D eigenvalue weighted by Crippen LogP contribution is -2.48. The van der Waals surface area contributed by atoms with Crippen LogP contribution in [0.3, 0.4) is 0 Å². The Bertz CT molecular complexity index is 262. The molecule has 0 aromatic heterocycles. The Kier molecular flexibility index (Phi) is 6.56. The average Bonchev–Trinajstić information content (AvgIpc) is 2.66. The van der Waals surface area contributed by atoms with Gasteiger partial charge in [-0.25, -0.2) is 0 Å². The Morgan fingerprint density at radius 3 is 3.00 bits per heavy atom. The molecular formula is C12H24N2O4. The second-order valence-corrected chi connectivity index (χ2v) is 4.67. The molecule has 0 spiro atoms. The maximum Gasteiger partial charge on any atom is 0.233 e. The van der Waals surface area contributed by atoms with E-state index >= 15 is 0 Å². The molecule has 1 saturated heterocycles. The van der Waals surface area contributed by atoms with Crippen LogP contribution in [0, 0.1) is 0 Å². The van der Waals surface area contributed by atoms with Crippen LogP contribution in [0.2, 0.25) is 0 Å². The van der Waals surface area contributed by atoms with E-state index in [2.05, 4.69) is 10.6 Å². The number of methoxy groups -OCH3 is 1. The molecule has 1 aliphatic heterocycles. The third-order valence-electron chi connectivity index (χ3n) is 3.22. The van der Waals surface area contributed by atoms with Crippen LogP contribution < -0.4 is 10.6 Å². The molecule has 106 valence electrons. The molecule has 0 aromatic rings. The molecule has 1 amide bonds. The van der Waals surface area contributed by atoms with Crippen molar-refractivity contribution in [3.05, 3.63) is 0 Å². The molecule has 1 fully saturated rings. The van der Waals surface area contributed by atoms with E-state index in [-0.39, 0.29) is 18.6 Å². The number of rotatable bonds is 8. The molecule has 0 aliphatic carbocycles. The second-order valence-electron chi connectivity index (χ2n) is 4.67. The highest BCUT2D eigenvalue weighted by molar-refractivity contribution is 5.77. The minimum Gasteiger partial charge on any atom is -0.386 e. The third-order valence-corrected chi connectivity index (χ3v) is 3.22. The van der Waals surface area contributed by atoms with Crippen molar-refractivity contribution in [2.24, 2.45) is 0 Å². The summed E-state index contributed by atoms with van der Waals surface area (Å²) in [6.07, 6.45) is 1.22. The van der Waals surface area contributed by atoms with Crippen LogP contribution in [-0.2, 0) is 14.3 Å². The maximum absolute atomic E-state index is 11.4. The number of amides is 1. The predicted molar refractivity (Wildman–Crippen MR) is 67.4 cm³/mol. The minimum absolute atomic E-state index is 0.0683. The number of aliphatic hydroxyl groups is 1. The summed E-state index contributed by atoms with van der Waals surface area (Å²) in [7, 11) is 1.63. The van der Waals surface area contributed by atoms with Crippen LogP contribution in [0.25, 0.3) is 0 Å². The number of hydrogen-bond donors (Lipinski definition) is 3. The summed E-state index contributed by atoms with van der Waals surface area (Å²) in [5, 5.41) is 15.9. The van der Waals surface area contributed by atoms with Crippen molar-refractivity contribution in [3.63, 3.8) is 0 Å². The highest BCUT2D eigenvalue weighted by atomic mass is 16.5. The number of carbonyl (C=O) groups excluding carboxylic acids is 1. The molecule has 6 heteroatoms. The molecule has 1 heterocycles. The molecule has 2 unspecified atom stereocenters. The third kappa shape index (κ3) is 4.89. The first-order valence-corrected chi connectivity index (χ1v) is 6.39. The van der Waals surface area contributed by atoms with Gasteiger partial charge < -0.3 is 25.2 Å². The number of carbonyl (C=O) groups is 1. The molecule has 1 aliphatic rings. The summed E-state index contributed by atoms with van der Waals surface area (Å²) in [4.78, 5) is 11.4. The number of hydrogen-bond acceptors (Lipinski definition) is 5. The van der Waals surface area contributed by atoms with Gasteiger partial charge in [-0.05, 0) is 13.3 Å². The average molecular weight is 260 g/mol. The summed E-state index contributed by atoms with van der Waals surface area (Å²) in [6, 6.07) is 0. The van der Waals surface area contributed by atoms with Crippen LogP contribution in [0.1, 0.15) is 19.8 Å². The molecule has 18 heavy (non-hydrogen) atoms. The lowest BCUT2D eigenvalue weighted by molar-refractivity contribution is -0.120. The normalized spacial score (nSPS) is 27.4. The standard InChI is InChI=1S/C12H24N2O4/c1-10-12(16,4-7-18-10)9-13-8-11(15)14-5-3-6-17-2/h10,13,16H,3-9H2,1-2H3,(H,14,15). The van der Waals surface area contributed by atoms with Gasteiger partial charge in [0.05, 0.1) is 12.6 Å². The molecule has 0 radical (unpaired) electrons. The molecular weight excluding hydrogens is 236 g/mol. The first-order valence-electron chi connectivity index (χ1n) is 6.39. The Balaban J connectivity index is 2.08. The van der Waals surface area contributed by atoms with Gasteiger partial charge in [0.1, 0.15) is 5.60 Å². The molecule has 0 saturated carbocycles. The Hall–Kier alpha value is -0.690. The van der Waals surface area contributed by atoms with Crippen LogP contribution in [0.5, 0.6) is 0 Å². The van der Waals surface area contributed by atoms with Crippen LogP contribution in [0.15, 0.2) is 0 Å². The van der Waals surface area contributed by atoms with Gasteiger partial charge in [-0.2, -0.15) is 0 Å². The fourth-order valence-corrected chi connectivity index (χ4v) is 1.90. The second kappa shape index (κ2) is 7.68. The van der Waals surface area contributed by atoms with E-state index in [0.717, 1.165) is 6.42 Å². The Morgan fingerprint density at radius 2 is 2.39 bits per heavy atom. The van der Waals surface area contributed by atoms with Crippen molar-refractivity contribution in [1.29, 1.82) is 0 Å². The van der Waals surface area contributed by atoms with E-state index in [1.165, 1.54) is 0 Å². The van der Waals surface area contributed by atoms with Gasteiger partial charge >= 0.3 is 0 Å². The smallest absolute Gasteiger partial charge is 0.233 e. The van der Waals surface area contributed by atoms with Crippen molar-refractivity contribution >= 4 is 5.91 Å². The predicted octanol–water partition coefficient (Wildman–Crippen LogP) is -0.731. The lowest BCUT2D eigenvalue weighted by atomic mass is 9.97. The zero-order valence-electron chi connectivity index (χ0n) is 11.2. The van der Waals surface area contributed by atoms with E-state index in [9.17, 15) is 9.90 Å². The number of ether oxygens (including phenoxy) is 2. The minimum atomic E-state index is -0.851. The largest absolute Gasteiger partial charge is 0.386 e. The zero-order valence-corrected chi connectivity index (χ0v) is 11.2. The molecule has 1 rings (SSSR count). The fourth-order valence-electron chi connectivity index (χ4n) is 1.90. The van der Waals surface area contributed by atoms with Crippen molar-refractivity contribution in [1.82, 2.24) is 10.6 Å². The van der Waals surface area contributed by atoms with Gasteiger partial charge in [-0.3, -0.25) is 4.79 Å². The van der Waals surface area contributed by atoms with Gasteiger partial charge in [-0.15, -0.1) is 0 Å². The highest BCUT2D eigenvalue weighted by Gasteiger charge is 2.39. The van der Waals surface area contributed by atoms with Crippen molar-refractivity contribution in [3.8, 4) is 0 Å². The lowest BCUT2D eigenvalue weighted by Gasteiger charge is -2.26. The molecule has 2 atom stereocenters. The van der Waals surface area contributed by atoms with E-state index in [1.54, 1.807) is 7.11 Å². The van der Waals surface area contributed by atoms with Crippen LogP contribution in [0.4, 0.5) is 0 Å². The highest BCUT2D eigenvalue weighted by Crippen LogP contribution is 2.24. The molecule has 6 nitrogen and oxygen atoms in total. The number of nitrogens with one attached hydrogen (secondary N) is 2. The van der Waals surface area contributed by atoms with E-state index < -0.39 is 5.60 Å². The van der Waals surface area contributed by atoms with Crippen LogP contribution in [-0.4, -0.2) is 62.7 Å².